The van der Waals surface area contributed by atoms with E-state index in [9.17, 15) is 4.39 Å². The van der Waals surface area contributed by atoms with Crippen LogP contribution in [0.3, 0.4) is 0 Å². The summed E-state index contributed by atoms with van der Waals surface area (Å²) in [5.74, 6) is 0.410. The molecule has 5 heteroatoms. The average Bonchev–Trinajstić information content (AvgIpc) is 3.11. The number of rotatable bonds is 5. The van der Waals surface area contributed by atoms with Crippen molar-refractivity contribution in [3.05, 3.63) is 54.1 Å². The third kappa shape index (κ3) is 2.69. The summed E-state index contributed by atoms with van der Waals surface area (Å²) in [6.07, 6.45) is 3.67. The summed E-state index contributed by atoms with van der Waals surface area (Å²) in [6.45, 7) is 5.66. The number of hydrogen-bond acceptors (Lipinski definition) is 3. The number of halogens is 1. The first-order chi connectivity index (χ1) is 10.2. The highest BCUT2D eigenvalue weighted by atomic mass is 19.1. The number of hydrogen-bond donors (Lipinski definition) is 1. The molecule has 0 aliphatic heterocycles. The zero-order valence-corrected chi connectivity index (χ0v) is 12.1. The van der Waals surface area contributed by atoms with Gasteiger partial charge in [-0.2, -0.15) is 0 Å². The molecular formula is C16H18FN3O. The van der Waals surface area contributed by atoms with Crippen LogP contribution in [0.5, 0.6) is 0 Å². The second kappa shape index (κ2) is 5.69. The molecule has 1 unspecified atom stereocenters. The van der Waals surface area contributed by atoms with Crippen LogP contribution >= 0.6 is 0 Å². The van der Waals surface area contributed by atoms with Gasteiger partial charge in [0.25, 0.3) is 0 Å². The number of aryl methyl sites for hydroxylation is 1. The fourth-order valence-corrected chi connectivity index (χ4v) is 2.40. The molecule has 0 amide bonds. The van der Waals surface area contributed by atoms with Crippen molar-refractivity contribution in [1.29, 1.82) is 0 Å². The lowest BCUT2D eigenvalue weighted by Gasteiger charge is -2.12. The Morgan fingerprint density at radius 3 is 3.05 bits per heavy atom. The molecule has 0 aliphatic rings. The second-order valence-corrected chi connectivity index (χ2v) is 5.08. The summed E-state index contributed by atoms with van der Waals surface area (Å²) in [6, 6.07) is 6.83. The Morgan fingerprint density at radius 2 is 2.29 bits per heavy atom. The summed E-state index contributed by atoms with van der Waals surface area (Å²) in [5.41, 5.74) is 1.44. The molecule has 1 N–H and O–H groups in total. The molecule has 0 bridgehead atoms. The molecule has 110 valence electrons. The van der Waals surface area contributed by atoms with Crippen LogP contribution in [0.2, 0.25) is 0 Å². The van der Waals surface area contributed by atoms with Crippen LogP contribution in [0.25, 0.3) is 11.0 Å². The van der Waals surface area contributed by atoms with Crippen molar-refractivity contribution in [2.24, 2.45) is 0 Å². The van der Waals surface area contributed by atoms with Gasteiger partial charge in [0.1, 0.15) is 5.76 Å². The number of benzene rings is 1. The van der Waals surface area contributed by atoms with E-state index in [-0.39, 0.29) is 11.9 Å². The molecular weight excluding hydrogens is 269 g/mol. The van der Waals surface area contributed by atoms with E-state index in [4.69, 9.17) is 4.42 Å². The van der Waals surface area contributed by atoms with Crippen molar-refractivity contribution < 1.29 is 8.81 Å². The monoisotopic (exact) mass is 287 g/mol. The van der Waals surface area contributed by atoms with Crippen LogP contribution in [0.4, 0.5) is 4.39 Å². The Morgan fingerprint density at radius 1 is 1.43 bits per heavy atom. The van der Waals surface area contributed by atoms with E-state index in [1.807, 2.05) is 31.6 Å². The van der Waals surface area contributed by atoms with Crippen molar-refractivity contribution in [3.8, 4) is 0 Å². The van der Waals surface area contributed by atoms with Gasteiger partial charge in [0, 0.05) is 24.7 Å². The van der Waals surface area contributed by atoms with Gasteiger partial charge in [0.15, 0.2) is 11.4 Å². The minimum atomic E-state index is -0.324. The first-order valence-corrected chi connectivity index (χ1v) is 7.09. The molecule has 0 radical (unpaired) electrons. The number of para-hydroxylation sites is 1. The van der Waals surface area contributed by atoms with Crippen molar-refractivity contribution in [2.75, 3.05) is 0 Å². The maximum atomic E-state index is 13.6. The van der Waals surface area contributed by atoms with Crippen LogP contribution in [0.1, 0.15) is 31.3 Å². The maximum absolute atomic E-state index is 13.6. The van der Waals surface area contributed by atoms with Gasteiger partial charge in [0.05, 0.1) is 18.1 Å². The van der Waals surface area contributed by atoms with Gasteiger partial charge in [0.2, 0.25) is 0 Å². The summed E-state index contributed by atoms with van der Waals surface area (Å²) in [5, 5.41) is 4.17. The van der Waals surface area contributed by atoms with Crippen LogP contribution in [-0.4, -0.2) is 9.55 Å². The van der Waals surface area contributed by atoms with Gasteiger partial charge in [-0.1, -0.05) is 12.1 Å². The summed E-state index contributed by atoms with van der Waals surface area (Å²) in [4.78, 5) is 4.14. The van der Waals surface area contributed by atoms with Gasteiger partial charge < -0.3 is 14.3 Å². The molecule has 2 heterocycles. The molecule has 3 rings (SSSR count). The Balaban J connectivity index is 1.75. The van der Waals surface area contributed by atoms with E-state index in [1.165, 1.54) is 6.07 Å². The van der Waals surface area contributed by atoms with Gasteiger partial charge in [-0.15, -0.1) is 0 Å². The van der Waals surface area contributed by atoms with Crippen molar-refractivity contribution in [3.63, 3.8) is 0 Å². The minimum Gasteiger partial charge on any atom is -0.456 e. The normalized spacial score (nSPS) is 12.9. The number of fused-ring (bicyclic) bond motifs is 1. The smallest absolute Gasteiger partial charge is 0.169 e. The lowest BCUT2D eigenvalue weighted by Crippen LogP contribution is -2.19. The first-order valence-electron chi connectivity index (χ1n) is 7.09. The van der Waals surface area contributed by atoms with Gasteiger partial charge in [-0.05, 0) is 26.0 Å². The molecule has 1 atom stereocenters. The van der Waals surface area contributed by atoms with Crippen LogP contribution in [0, 0.1) is 5.82 Å². The van der Waals surface area contributed by atoms with Gasteiger partial charge in [-0.25, -0.2) is 9.37 Å². The molecule has 4 nitrogen and oxygen atoms in total. The average molecular weight is 287 g/mol. The predicted octanol–water partition coefficient (Wildman–Crippen LogP) is 3.64. The number of furan rings is 1. The molecule has 1 aromatic carbocycles. The number of imidazole rings is 1. The topological polar surface area (TPSA) is 43.0 Å². The molecule has 0 saturated carbocycles. The quantitative estimate of drug-likeness (QED) is 0.779. The molecule has 0 saturated heterocycles. The van der Waals surface area contributed by atoms with E-state index in [0.717, 1.165) is 23.4 Å². The van der Waals surface area contributed by atoms with Crippen LogP contribution in [0.15, 0.2) is 41.2 Å². The SMILES string of the molecule is CCn1cncc1CNC(C)c1cc2cccc(F)c2o1. The zero-order chi connectivity index (χ0) is 14.8. The standard InChI is InChI=1S/C16H18FN3O/c1-3-20-10-18-8-13(20)9-19-11(2)15-7-12-5-4-6-14(17)16(12)21-15/h4-8,10-11,19H,3,9H2,1-2H3. The minimum absolute atomic E-state index is 0.00277. The van der Waals surface area contributed by atoms with Crippen molar-refractivity contribution in [1.82, 2.24) is 14.9 Å². The van der Waals surface area contributed by atoms with Gasteiger partial charge in [-0.3, -0.25) is 0 Å². The second-order valence-electron chi connectivity index (χ2n) is 5.08. The summed E-state index contributed by atoms with van der Waals surface area (Å²) >= 11 is 0. The number of nitrogens with zero attached hydrogens (tertiary/aromatic N) is 2. The van der Waals surface area contributed by atoms with E-state index in [0.29, 0.717) is 12.1 Å². The van der Waals surface area contributed by atoms with Gasteiger partial charge >= 0.3 is 0 Å². The summed E-state index contributed by atoms with van der Waals surface area (Å²) < 4.78 is 21.4. The molecule has 0 aliphatic carbocycles. The molecule has 0 fully saturated rings. The fourth-order valence-electron chi connectivity index (χ4n) is 2.40. The Kier molecular flexibility index (Phi) is 3.75. The molecule has 0 spiro atoms. The molecule has 2 aromatic heterocycles. The third-order valence-electron chi connectivity index (χ3n) is 3.67. The van der Waals surface area contributed by atoms with Crippen molar-refractivity contribution >= 4 is 11.0 Å². The zero-order valence-electron chi connectivity index (χ0n) is 12.1. The number of aromatic nitrogens is 2. The highest BCUT2D eigenvalue weighted by molar-refractivity contribution is 5.78. The van der Waals surface area contributed by atoms with E-state index < -0.39 is 0 Å². The highest BCUT2D eigenvalue weighted by Crippen LogP contribution is 2.25. The number of nitrogens with one attached hydrogen (secondary N) is 1. The lowest BCUT2D eigenvalue weighted by atomic mass is 10.2. The maximum Gasteiger partial charge on any atom is 0.169 e. The van der Waals surface area contributed by atoms with E-state index in [2.05, 4.69) is 21.8 Å². The molecule has 3 aromatic rings. The predicted molar refractivity (Wildman–Crippen MR) is 79.3 cm³/mol. The van der Waals surface area contributed by atoms with E-state index in [1.54, 1.807) is 6.07 Å². The third-order valence-corrected chi connectivity index (χ3v) is 3.67. The summed E-state index contributed by atoms with van der Waals surface area (Å²) in [7, 11) is 0. The Bertz CT molecular complexity index is 747. The lowest BCUT2D eigenvalue weighted by molar-refractivity contribution is 0.437. The van der Waals surface area contributed by atoms with E-state index >= 15 is 0 Å². The Hall–Kier alpha value is -2.14. The fraction of sp³-hybridized carbons (Fsp3) is 0.312. The van der Waals surface area contributed by atoms with Crippen LogP contribution < -0.4 is 5.32 Å². The highest BCUT2D eigenvalue weighted by Gasteiger charge is 2.14. The molecule has 21 heavy (non-hydrogen) atoms. The van der Waals surface area contributed by atoms with Crippen LogP contribution in [-0.2, 0) is 13.1 Å². The first kappa shape index (κ1) is 13.8. The van der Waals surface area contributed by atoms with Crippen molar-refractivity contribution in [2.45, 2.75) is 33.0 Å². The Labute approximate surface area is 122 Å². The largest absolute Gasteiger partial charge is 0.456 e.